The van der Waals surface area contributed by atoms with E-state index < -0.39 is 29.6 Å². The van der Waals surface area contributed by atoms with Crippen molar-refractivity contribution in [1.29, 1.82) is 0 Å². The van der Waals surface area contributed by atoms with Crippen molar-refractivity contribution in [3.8, 4) is 0 Å². The van der Waals surface area contributed by atoms with E-state index in [1.54, 1.807) is 32.9 Å². The number of nitrogens with two attached hydrogens (primary N) is 1. The number of aliphatic hydroxyl groups is 1. The predicted molar refractivity (Wildman–Crippen MR) is 113 cm³/mol. The van der Waals surface area contributed by atoms with Crippen molar-refractivity contribution in [2.75, 3.05) is 5.73 Å². The number of amides is 1. The number of nitrogen functional groups attached to an aromatic ring is 1. The van der Waals surface area contributed by atoms with Crippen LogP contribution in [0.5, 0.6) is 0 Å². The molecule has 0 spiro atoms. The van der Waals surface area contributed by atoms with E-state index >= 15 is 0 Å². The van der Waals surface area contributed by atoms with Gasteiger partial charge < -0.3 is 20.9 Å². The maximum Gasteiger partial charge on any atom is 0.329 e. The van der Waals surface area contributed by atoms with E-state index in [1.807, 2.05) is 24.3 Å². The molecule has 0 heterocycles. The lowest BCUT2D eigenvalue weighted by molar-refractivity contribution is -0.159. The average molecular weight is 399 g/mol. The lowest BCUT2D eigenvalue weighted by Gasteiger charge is -2.33. The number of hydrogen-bond acceptors (Lipinski definition) is 5. The number of rotatable bonds is 4. The molecular formula is C23H30N2O4. The molecule has 1 saturated carbocycles. The Bertz CT molecular complexity index is 903. The first-order valence-electron chi connectivity index (χ1n) is 10.1. The van der Waals surface area contributed by atoms with Crippen molar-refractivity contribution >= 4 is 28.3 Å². The molecule has 3 atom stereocenters. The second-order valence-corrected chi connectivity index (χ2v) is 8.85. The van der Waals surface area contributed by atoms with E-state index in [-0.39, 0.29) is 5.92 Å². The molecule has 3 rings (SSSR count). The van der Waals surface area contributed by atoms with Gasteiger partial charge in [-0.15, -0.1) is 0 Å². The Morgan fingerprint density at radius 1 is 1.17 bits per heavy atom. The summed E-state index contributed by atoms with van der Waals surface area (Å²) in [4.78, 5) is 25.9. The zero-order chi connectivity index (χ0) is 21.2. The summed E-state index contributed by atoms with van der Waals surface area (Å²) in [5.74, 6) is -1.08. The summed E-state index contributed by atoms with van der Waals surface area (Å²) >= 11 is 0. The normalized spacial score (nSPS) is 20.8. The summed E-state index contributed by atoms with van der Waals surface area (Å²) in [7, 11) is 0. The van der Waals surface area contributed by atoms with Crippen molar-refractivity contribution in [2.45, 2.75) is 64.2 Å². The highest BCUT2D eigenvalue weighted by atomic mass is 16.6. The fraction of sp³-hybridized carbons (Fsp3) is 0.478. The van der Waals surface area contributed by atoms with Gasteiger partial charge in [-0.2, -0.15) is 0 Å². The summed E-state index contributed by atoms with van der Waals surface area (Å²) in [6.45, 7) is 5.38. The number of esters is 1. The lowest BCUT2D eigenvalue weighted by atomic mass is 9.82. The zero-order valence-electron chi connectivity index (χ0n) is 17.3. The second kappa shape index (κ2) is 8.41. The summed E-state index contributed by atoms with van der Waals surface area (Å²) in [5.41, 5.74) is 6.14. The molecule has 1 fully saturated rings. The third-order valence-electron chi connectivity index (χ3n) is 5.27. The predicted octanol–water partition coefficient (Wildman–Crippen LogP) is 3.41. The molecule has 0 saturated heterocycles. The fourth-order valence-corrected chi connectivity index (χ4v) is 3.91. The van der Waals surface area contributed by atoms with Gasteiger partial charge in [0.15, 0.2) is 0 Å². The monoisotopic (exact) mass is 398 g/mol. The van der Waals surface area contributed by atoms with Gasteiger partial charge in [0.2, 0.25) is 0 Å². The minimum atomic E-state index is -0.831. The van der Waals surface area contributed by atoms with Gasteiger partial charge in [-0.1, -0.05) is 30.7 Å². The Balaban J connectivity index is 1.87. The first-order valence-corrected chi connectivity index (χ1v) is 10.1. The molecule has 1 amide bonds. The maximum absolute atomic E-state index is 13.1. The molecule has 156 valence electrons. The van der Waals surface area contributed by atoms with Gasteiger partial charge in [-0.05, 0) is 68.9 Å². The molecule has 6 heteroatoms. The number of nitrogens with one attached hydrogen (secondary N) is 1. The number of carbonyl (C=O) groups excluding carboxylic acids is 2. The minimum Gasteiger partial charge on any atom is -0.458 e. The largest absolute Gasteiger partial charge is 0.458 e. The third-order valence-corrected chi connectivity index (χ3v) is 5.27. The van der Waals surface area contributed by atoms with Crippen LogP contribution in [0, 0.1) is 5.92 Å². The number of aliphatic hydroxyl groups excluding tert-OH is 1. The molecule has 2 aromatic rings. The Morgan fingerprint density at radius 3 is 2.45 bits per heavy atom. The third kappa shape index (κ3) is 5.26. The first-order chi connectivity index (χ1) is 13.6. The topological polar surface area (TPSA) is 102 Å². The van der Waals surface area contributed by atoms with Crippen LogP contribution in [-0.4, -0.2) is 34.7 Å². The van der Waals surface area contributed by atoms with Gasteiger partial charge in [-0.3, -0.25) is 4.79 Å². The molecule has 0 aliphatic heterocycles. The summed E-state index contributed by atoms with van der Waals surface area (Å²) < 4.78 is 5.56. The quantitative estimate of drug-likeness (QED) is 0.541. The van der Waals surface area contributed by atoms with Crippen LogP contribution < -0.4 is 11.1 Å². The van der Waals surface area contributed by atoms with Gasteiger partial charge in [-0.25, -0.2) is 4.79 Å². The molecular weight excluding hydrogens is 368 g/mol. The summed E-state index contributed by atoms with van der Waals surface area (Å²) in [5, 5.41) is 14.8. The summed E-state index contributed by atoms with van der Waals surface area (Å²) in [6.07, 6.45) is 2.25. The molecule has 0 aromatic heterocycles. The van der Waals surface area contributed by atoms with Crippen LogP contribution in [0.2, 0.25) is 0 Å². The molecule has 6 nitrogen and oxygen atoms in total. The highest BCUT2D eigenvalue weighted by Gasteiger charge is 2.36. The number of carbonyl (C=O) groups is 2. The lowest BCUT2D eigenvalue weighted by Crippen LogP contribution is -2.50. The average Bonchev–Trinajstić information content (AvgIpc) is 2.63. The number of fused-ring (bicyclic) bond motifs is 1. The molecule has 1 aliphatic rings. The smallest absolute Gasteiger partial charge is 0.329 e. The molecule has 4 N–H and O–H groups in total. The highest BCUT2D eigenvalue weighted by molar-refractivity contribution is 6.05. The first kappa shape index (κ1) is 21.1. The van der Waals surface area contributed by atoms with Crippen LogP contribution in [0.15, 0.2) is 36.4 Å². The van der Waals surface area contributed by atoms with Crippen LogP contribution in [0.25, 0.3) is 10.8 Å². The molecule has 2 aromatic carbocycles. The number of benzene rings is 2. The van der Waals surface area contributed by atoms with Crippen LogP contribution >= 0.6 is 0 Å². The highest BCUT2D eigenvalue weighted by Crippen LogP contribution is 2.29. The molecule has 1 aliphatic carbocycles. The van der Waals surface area contributed by atoms with Gasteiger partial charge in [0.1, 0.15) is 11.6 Å². The van der Waals surface area contributed by atoms with E-state index in [9.17, 15) is 14.7 Å². The van der Waals surface area contributed by atoms with Crippen LogP contribution in [0.3, 0.4) is 0 Å². The molecule has 0 bridgehead atoms. The second-order valence-electron chi connectivity index (χ2n) is 8.85. The van der Waals surface area contributed by atoms with Crippen LogP contribution in [-0.2, 0) is 9.53 Å². The van der Waals surface area contributed by atoms with Gasteiger partial charge >= 0.3 is 5.97 Å². The van der Waals surface area contributed by atoms with Crippen molar-refractivity contribution < 1.29 is 19.4 Å². The molecule has 0 radical (unpaired) electrons. The van der Waals surface area contributed by atoms with Crippen molar-refractivity contribution in [1.82, 2.24) is 5.32 Å². The summed E-state index contributed by atoms with van der Waals surface area (Å²) in [6, 6.07) is 10.3. The Hall–Kier alpha value is -2.60. The molecule has 29 heavy (non-hydrogen) atoms. The Kier molecular flexibility index (Phi) is 6.13. The van der Waals surface area contributed by atoms with Gasteiger partial charge in [0.25, 0.3) is 5.91 Å². The minimum absolute atomic E-state index is 0.181. The van der Waals surface area contributed by atoms with E-state index in [1.165, 1.54) is 0 Å². The van der Waals surface area contributed by atoms with Crippen molar-refractivity contribution in [3.63, 3.8) is 0 Å². The standard InChI is InChI=1S/C23H30N2O4/c1-23(2,3)29-22(28)20(16-9-6-10-17(26)11-16)25-21(27)18-12-14-7-4-5-8-15(14)13-19(18)24/h4-5,7-8,12-13,16-17,20,26H,6,9-11,24H2,1-3H3,(H,25,27)/t16-,17+,20-/m0/s1. The maximum atomic E-state index is 13.1. The zero-order valence-corrected chi connectivity index (χ0v) is 17.3. The molecule has 0 unspecified atom stereocenters. The van der Waals surface area contributed by atoms with Gasteiger partial charge in [0.05, 0.1) is 11.7 Å². The van der Waals surface area contributed by atoms with Crippen molar-refractivity contribution in [2.24, 2.45) is 5.92 Å². The Labute approximate surface area is 171 Å². The van der Waals surface area contributed by atoms with E-state index in [0.29, 0.717) is 24.1 Å². The number of ether oxygens (including phenoxy) is 1. The van der Waals surface area contributed by atoms with E-state index in [2.05, 4.69) is 5.32 Å². The van der Waals surface area contributed by atoms with E-state index in [4.69, 9.17) is 10.5 Å². The Morgan fingerprint density at radius 2 is 1.83 bits per heavy atom. The van der Waals surface area contributed by atoms with E-state index in [0.717, 1.165) is 23.6 Å². The van der Waals surface area contributed by atoms with Crippen molar-refractivity contribution in [3.05, 3.63) is 42.0 Å². The van der Waals surface area contributed by atoms with Gasteiger partial charge in [0, 0.05) is 5.69 Å². The fourth-order valence-electron chi connectivity index (χ4n) is 3.91. The van der Waals surface area contributed by atoms with Crippen LogP contribution in [0.4, 0.5) is 5.69 Å². The number of hydrogen-bond donors (Lipinski definition) is 3. The van der Waals surface area contributed by atoms with Crippen LogP contribution in [0.1, 0.15) is 56.8 Å². The SMILES string of the molecule is CC(C)(C)OC(=O)[C@@H](NC(=O)c1cc2ccccc2cc1N)[C@H]1CCC[C@@H](O)C1. The number of anilines is 1.